The highest BCUT2D eigenvalue weighted by molar-refractivity contribution is 4.94. The minimum absolute atomic E-state index is 0.0832. The van der Waals surface area contributed by atoms with Gasteiger partial charge in [-0.3, -0.25) is 4.84 Å². The van der Waals surface area contributed by atoms with Crippen LogP contribution in [0.4, 0.5) is 0 Å². The van der Waals surface area contributed by atoms with Gasteiger partial charge in [0.05, 0.1) is 5.60 Å². The molecule has 2 aliphatic rings. The predicted octanol–water partition coefficient (Wildman–Crippen LogP) is 2.20. The van der Waals surface area contributed by atoms with Gasteiger partial charge in [-0.2, -0.15) is 5.06 Å². The molecule has 1 saturated carbocycles. The van der Waals surface area contributed by atoms with Crippen molar-refractivity contribution < 1.29 is 4.84 Å². The lowest BCUT2D eigenvalue weighted by Gasteiger charge is -2.30. The molecule has 0 aromatic heterocycles. The third kappa shape index (κ3) is 1.17. The maximum absolute atomic E-state index is 5.83. The normalized spacial score (nSPS) is 41.2. The van der Waals surface area contributed by atoms with Gasteiger partial charge in [0.15, 0.2) is 0 Å². The van der Waals surface area contributed by atoms with Gasteiger partial charge >= 0.3 is 0 Å². The van der Waals surface area contributed by atoms with Gasteiger partial charge in [0, 0.05) is 19.0 Å². The van der Waals surface area contributed by atoms with Crippen molar-refractivity contribution in [3.8, 4) is 0 Å². The summed E-state index contributed by atoms with van der Waals surface area (Å²) in [6, 6.07) is 0.689. The molecule has 1 heterocycles. The summed E-state index contributed by atoms with van der Waals surface area (Å²) in [6.07, 6.45) is 5.44. The quantitative estimate of drug-likeness (QED) is 0.551. The van der Waals surface area contributed by atoms with Crippen LogP contribution >= 0.6 is 0 Å². The molecule has 2 nitrogen and oxygen atoms in total. The SMILES string of the molecule is CN1OC(C)(C)C2CCCCC21. The summed E-state index contributed by atoms with van der Waals surface area (Å²) in [7, 11) is 2.08. The van der Waals surface area contributed by atoms with E-state index in [1.807, 2.05) is 0 Å². The van der Waals surface area contributed by atoms with E-state index in [0.29, 0.717) is 6.04 Å². The maximum atomic E-state index is 5.83. The fourth-order valence-corrected chi connectivity index (χ4v) is 2.86. The molecule has 1 aliphatic heterocycles. The van der Waals surface area contributed by atoms with E-state index in [-0.39, 0.29) is 5.60 Å². The topological polar surface area (TPSA) is 12.5 Å². The van der Waals surface area contributed by atoms with Crippen LogP contribution in [0.3, 0.4) is 0 Å². The van der Waals surface area contributed by atoms with Gasteiger partial charge in [-0.25, -0.2) is 0 Å². The van der Waals surface area contributed by atoms with Crippen molar-refractivity contribution in [3.63, 3.8) is 0 Å². The summed E-state index contributed by atoms with van der Waals surface area (Å²) in [5.41, 5.74) is 0.0832. The van der Waals surface area contributed by atoms with Crippen molar-refractivity contribution in [1.82, 2.24) is 5.06 Å². The van der Waals surface area contributed by atoms with E-state index in [0.717, 1.165) is 5.92 Å². The predicted molar refractivity (Wildman–Crippen MR) is 48.7 cm³/mol. The van der Waals surface area contributed by atoms with Crippen LogP contribution in [0, 0.1) is 5.92 Å². The maximum Gasteiger partial charge on any atom is 0.0887 e. The van der Waals surface area contributed by atoms with Crippen molar-refractivity contribution in [2.24, 2.45) is 5.92 Å². The summed E-state index contributed by atoms with van der Waals surface area (Å²) in [5, 5.41) is 2.09. The first-order valence-electron chi connectivity index (χ1n) is 5.03. The zero-order valence-corrected chi connectivity index (χ0v) is 8.34. The third-order valence-corrected chi connectivity index (χ3v) is 3.47. The van der Waals surface area contributed by atoms with Gasteiger partial charge in [-0.15, -0.1) is 0 Å². The van der Waals surface area contributed by atoms with E-state index in [1.165, 1.54) is 25.7 Å². The monoisotopic (exact) mass is 169 g/mol. The first-order valence-corrected chi connectivity index (χ1v) is 5.03. The molecule has 0 spiro atoms. The molecule has 1 aliphatic carbocycles. The zero-order valence-electron chi connectivity index (χ0n) is 8.34. The highest BCUT2D eigenvalue weighted by atomic mass is 16.7. The van der Waals surface area contributed by atoms with Crippen LogP contribution in [0.2, 0.25) is 0 Å². The molecular formula is C10H19NO. The Morgan fingerprint density at radius 1 is 1.25 bits per heavy atom. The Morgan fingerprint density at radius 2 is 1.92 bits per heavy atom. The average molecular weight is 169 g/mol. The van der Waals surface area contributed by atoms with Crippen LogP contribution in [-0.2, 0) is 4.84 Å². The molecule has 0 aromatic carbocycles. The highest BCUT2D eigenvalue weighted by Gasteiger charge is 2.47. The summed E-state index contributed by atoms with van der Waals surface area (Å²) >= 11 is 0. The average Bonchev–Trinajstić information content (AvgIpc) is 2.25. The van der Waals surface area contributed by atoms with Crippen LogP contribution in [0.1, 0.15) is 39.5 Å². The number of hydrogen-bond donors (Lipinski definition) is 0. The molecule has 0 amide bonds. The third-order valence-electron chi connectivity index (χ3n) is 3.47. The second-order valence-corrected chi connectivity index (χ2v) is 4.70. The number of hydroxylamine groups is 2. The lowest BCUT2D eigenvalue weighted by molar-refractivity contribution is -0.178. The number of hydrogen-bond acceptors (Lipinski definition) is 2. The van der Waals surface area contributed by atoms with Gasteiger partial charge in [0.2, 0.25) is 0 Å². The van der Waals surface area contributed by atoms with Crippen molar-refractivity contribution in [3.05, 3.63) is 0 Å². The lowest BCUT2D eigenvalue weighted by atomic mass is 9.76. The summed E-state index contributed by atoms with van der Waals surface area (Å²) in [6.45, 7) is 4.44. The molecule has 1 saturated heterocycles. The Balaban J connectivity index is 2.16. The van der Waals surface area contributed by atoms with Crippen LogP contribution in [0.5, 0.6) is 0 Å². The van der Waals surface area contributed by atoms with Crippen molar-refractivity contribution in [1.29, 1.82) is 0 Å². The number of fused-ring (bicyclic) bond motifs is 1. The molecule has 2 unspecified atom stereocenters. The van der Waals surface area contributed by atoms with Gasteiger partial charge in [0.1, 0.15) is 0 Å². The van der Waals surface area contributed by atoms with Gasteiger partial charge in [-0.1, -0.05) is 12.8 Å². The molecule has 0 bridgehead atoms. The Kier molecular flexibility index (Phi) is 1.92. The standard InChI is InChI=1S/C10H19NO/c1-10(2)8-6-4-5-7-9(8)11(3)12-10/h8-9H,4-7H2,1-3H3. The first kappa shape index (κ1) is 8.52. The largest absolute Gasteiger partial charge is 0.293 e. The molecule has 12 heavy (non-hydrogen) atoms. The van der Waals surface area contributed by atoms with E-state index in [1.54, 1.807) is 0 Å². The Morgan fingerprint density at radius 3 is 2.58 bits per heavy atom. The van der Waals surface area contributed by atoms with Crippen LogP contribution in [0.15, 0.2) is 0 Å². The van der Waals surface area contributed by atoms with E-state index in [9.17, 15) is 0 Å². The van der Waals surface area contributed by atoms with E-state index in [4.69, 9.17) is 4.84 Å². The second kappa shape index (κ2) is 2.71. The molecule has 2 rings (SSSR count). The highest BCUT2D eigenvalue weighted by Crippen LogP contribution is 2.43. The van der Waals surface area contributed by atoms with E-state index >= 15 is 0 Å². The lowest BCUT2D eigenvalue weighted by Crippen LogP contribution is -2.35. The summed E-state index contributed by atoms with van der Waals surface area (Å²) < 4.78 is 0. The molecule has 2 fully saturated rings. The van der Waals surface area contributed by atoms with Crippen LogP contribution in [0.25, 0.3) is 0 Å². The molecule has 0 aromatic rings. The summed E-state index contributed by atoms with van der Waals surface area (Å²) in [4.78, 5) is 5.83. The fraction of sp³-hybridized carbons (Fsp3) is 1.00. The van der Waals surface area contributed by atoms with Gasteiger partial charge < -0.3 is 0 Å². The Hall–Kier alpha value is -0.0800. The van der Waals surface area contributed by atoms with Gasteiger partial charge in [0.25, 0.3) is 0 Å². The molecular weight excluding hydrogens is 150 g/mol. The molecule has 0 N–H and O–H groups in total. The summed E-state index contributed by atoms with van der Waals surface area (Å²) in [5.74, 6) is 0.760. The smallest absolute Gasteiger partial charge is 0.0887 e. The van der Waals surface area contributed by atoms with E-state index in [2.05, 4.69) is 26.0 Å². The van der Waals surface area contributed by atoms with Crippen LogP contribution in [-0.4, -0.2) is 23.8 Å². The minimum atomic E-state index is 0.0832. The van der Waals surface area contributed by atoms with Crippen molar-refractivity contribution in [2.45, 2.75) is 51.2 Å². The molecule has 2 atom stereocenters. The van der Waals surface area contributed by atoms with E-state index < -0.39 is 0 Å². The minimum Gasteiger partial charge on any atom is -0.293 e. The molecule has 2 heteroatoms. The number of nitrogens with zero attached hydrogens (tertiary/aromatic N) is 1. The van der Waals surface area contributed by atoms with Gasteiger partial charge in [-0.05, 0) is 26.7 Å². The molecule has 0 radical (unpaired) electrons. The molecule has 70 valence electrons. The fourth-order valence-electron chi connectivity index (χ4n) is 2.86. The Bertz CT molecular complexity index is 179. The Labute approximate surface area is 74.8 Å². The second-order valence-electron chi connectivity index (χ2n) is 4.70. The number of rotatable bonds is 0. The van der Waals surface area contributed by atoms with Crippen molar-refractivity contribution >= 4 is 0 Å². The zero-order chi connectivity index (χ0) is 8.77. The van der Waals surface area contributed by atoms with Crippen LogP contribution < -0.4 is 0 Å². The van der Waals surface area contributed by atoms with Crippen molar-refractivity contribution in [2.75, 3.05) is 7.05 Å². The first-order chi connectivity index (χ1) is 5.61.